The zero-order chi connectivity index (χ0) is 9.73. The average molecular weight is 196 g/mol. The Kier molecular flexibility index (Phi) is 2.98. The molecule has 0 saturated carbocycles. The van der Waals surface area contributed by atoms with Crippen LogP contribution in [0.2, 0.25) is 0 Å². The van der Waals surface area contributed by atoms with Crippen LogP contribution in [0.4, 0.5) is 0 Å². The monoisotopic (exact) mass is 196 g/mol. The predicted octanol–water partition coefficient (Wildman–Crippen LogP) is 0.274. The Morgan fingerprint density at radius 2 is 2.00 bits per heavy atom. The van der Waals surface area contributed by atoms with Crippen LogP contribution in [0.3, 0.4) is 0 Å². The van der Waals surface area contributed by atoms with Gasteiger partial charge in [0.2, 0.25) is 15.0 Å². The number of hydrogen-bond acceptors (Lipinski definition) is 4. The van der Waals surface area contributed by atoms with Gasteiger partial charge in [0.1, 0.15) is 0 Å². The molecule has 0 aliphatic carbocycles. The maximum absolute atomic E-state index is 11.4. The van der Waals surface area contributed by atoms with Crippen LogP contribution in [-0.4, -0.2) is 24.1 Å². The minimum absolute atomic E-state index is 0.104. The van der Waals surface area contributed by atoms with Gasteiger partial charge in [0.05, 0.1) is 5.75 Å². The molecule has 1 aromatic heterocycles. The van der Waals surface area contributed by atoms with Crippen molar-refractivity contribution in [1.29, 1.82) is 0 Å². The van der Waals surface area contributed by atoms with Crippen molar-refractivity contribution in [2.45, 2.75) is 11.6 Å². The molecule has 13 heavy (non-hydrogen) atoms. The number of terminal acetylenes is 1. The first-order valence-electron chi connectivity index (χ1n) is 3.60. The van der Waals surface area contributed by atoms with Gasteiger partial charge in [-0.2, -0.15) is 0 Å². The Morgan fingerprint density at radius 3 is 2.54 bits per heavy atom. The molecule has 5 heteroatoms. The van der Waals surface area contributed by atoms with Crippen LogP contribution in [0.5, 0.6) is 0 Å². The smallest absolute Gasteiger partial charge is 0.227 e. The maximum Gasteiger partial charge on any atom is 0.247 e. The molecule has 0 fully saturated rings. The third kappa shape index (κ3) is 2.53. The molecule has 0 atom stereocenters. The number of nitrogens with zero attached hydrogens (tertiary/aromatic N) is 2. The van der Waals surface area contributed by atoms with Crippen molar-refractivity contribution in [1.82, 2.24) is 9.97 Å². The molecule has 0 N–H and O–H groups in total. The third-order valence-electron chi connectivity index (χ3n) is 1.34. The van der Waals surface area contributed by atoms with Gasteiger partial charge in [0, 0.05) is 18.8 Å². The number of hydrogen-bond donors (Lipinski definition) is 0. The summed E-state index contributed by atoms with van der Waals surface area (Å²) in [5.74, 6) is 2.16. The highest BCUT2D eigenvalue weighted by Gasteiger charge is 2.15. The van der Waals surface area contributed by atoms with E-state index in [1.54, 1.807) is 6.07 Å². The highest BCUT2D eigenvalue weighted by Crippen LogP contribution is 2.03. The van der Waals surface area contributed by atoms with Gasteiger partial charge in [-0.1, -0.05) is 0 Å². The van der Waals surface area contributed by atoms with E-state index < -0.39 is 9.84 Å². The summed E-state index contributed by atoms with van der Waals surface area (Å²) in [6.07, 6.45) is 7.91. The number of sulfone groups is 1. The van der Waals surface area contributed by atoms with E-state index in [0.717, 1.165) is 0 Å². The van der Waals surface area contributed by atoms with Crippen molar-refractivity contribution in [3.05, 3.63) is 18.5 Å². The first-order chi connectivity index (χ1) is 6.17. The summed E-state index contributed by atoms with van der Waals surface area (Å²) in [4.78, 5) is 7.27. The van der Waals surface area contributed by atoms with E-state index in [-0.39, 0.29) is 17.3 Å². The van der Waals surface area contributed by atoms with Crippen LogP contribution in [0.1, 0.15) is 6.42 Å². The molecule has 0 saturated heterocycles. The van der Waals surface area contributed by atoms with Crippen LogP contribution < -0.4 is 0 Å². The first-order valence-corrected chi connectivity index (χ1v) is 5.25. The molecule has 1 rings (SSSR count). The van der Waals surface area contributed by atoms with Crippen molar-refractivity contribution in [2.75, 3.05) is 5.75 Å². The third-order valence-corrected chi connectivity index (χ3v) is 2.84. The van der Waals surface area contributed by atoms with Crippen molar-refractivity contribution < 1.29 is 8.42 Å². The summed E-state index contributed by atoms with van der Waals surface area (Å²) in [5.41, 5.74) is 0. The van der Waals surface area contributed by atoms with Gasteiger partial charge in [-0.3, -0.25) is 0 Å². The van der Waals surface area contributed by atoms with Crippen molar-refractivity contribution in [3.8, 4) is 12.3 Å². The molecule has 1 heterocycles. The summed E-state index contributed by atoms with van der Waals surface area (Å²) >= 11 is 0. The average Bonchev–Trinajstić information content (AvgIpc) is 2.16. The second kappa shape index (κ2) is 4.01. The van der Waals surface area contributed by atoms with E-state index in [1.165, 1.54) is 12.4 Å². The molecule has 0 amide bonds. The Labute approximate surface area is 77.0 Å². The molecule has 68 valence electrons. The molecule has 1 aromatic rings. The highest BCUT2D eigenvalue weighted by molar-refractivity contribution is 7.91. The van der Waals surface area contributed by atoms with Crippen LogP contribution in [-0.2, 0) is 9.84 Å². The second-order valence-electron chi connectivity index (χ2n) is 2.30. The second-order valence-corrected chi connectivity index (χ2v) is 4.31. The molecule has 0 aromatic carbocycles. The molecule has 0 unspecified atom stereocenters. The van der Waals surface area contributed by atoms with Crippen molar-refractivity contribution in [2.24, 2.45) is 0 Å². The predicted molar refractivity (Wildman–Crippen MR) is 47.5 cm³/mol. The quantitative estimate of drug-likeness (QED) is 0.514. The van der Waals surface area contributed by atoms with Crippen molar-refractivity contribution in [3.63, 3.8) is 0 Å². The minimum Gasteiger partial charge on any atom is -0.227 e. The number of rotatable bonds is 3. The fourth-order valence-corrected chi connectivity index (χ4v) is 1.74. The summed E-state index contributed by atoms with van der Waals surface area (Å²) in [7, 11) is -3.39. The van der Waals surface area contributed by atoms with E-state index in [9.17, 15) is 8.42 Å². The minimum atomic E-state index is -3.39. The molecule has 0 spiro atoms. The van der Waals surface area contributed by atoms with Crippen LogP contribution >= 0.6 is 0 Å². The van der Waals surface area contributed by atoms with Gasteiger partial charge < -0.3 is 0 Å². The van der Waals surface area contributed by atoms with Gasteiger partial charge in [0.15, 0.2) is 0 Å². The SMILES string of the molecule is C#CCCS(=O)(=O)c1ncccn1. The molecule has 0 aliphatic heterocycles. The molecule has 0 radical (unpaired) electrons. The lowest BCUT2D eigenvalue weighted by molar-refractivity contribution is 0.587. The normalized spacial score (nSPS) is 10.7. The highest BCUT2D eigenvalue weighted by atomic mass is 32.2. The van der Waals surface area contributed by atoms with E-state index in [4.69, 9.17) is 6.42 Å². The first kappa shape index (κ1) is 9.68. The van der Waals surface area contributed by atoms with E-state index in [2.05, 4.69) is 15.9 Å². The molecular formula is C8H8N2O2S. The van der Waals surface area contributed by atoms with Gasteiger partial charge in [-0.25, -0.2) is 18.4 Å². The zero-order valence-corrected chi connectivity index (χ0v) is 7.66. The summed E-state index contributed by atoms with van der Waals surface area (Å²) in [6.45, 7) is 0. The van der Waals surface area contributed by atoms with Crippen LogP contribution in [0.15, 0.2) is 23.6 Å². The van der Waals surface area contributed by atoms with Gasteiger partial charge in [-0.05, 0) is 6.07 Å². The summed E-state index contributed by atoms with van der Waals surface area (Å²) in [5, 5.41) is -0.162. The Balaban J connectivity index is 2.90. The molecular weight excluding hydrogens is 188 g/mol. The zero-order valence-electron chi connectivity index (χ0n) is 6.84. The molecule has 0 aliphatic rings. The Morgan fingerprint density at radius 1 is 1.38 bits per heavy atom. The fourth-order valence-electron chi connectivity index (χ4n) is 0.731. The lowest BCUT2D eigenvalue weighted by atomic mass is 10.5. The summed E-state index contributed by atoms with van der Waals surface area (Å²) < 4.78 is 22.7. The lowest BCUT2D eigenvalue weighted by Crippen LogP contribution is -2.09. The van der Waals surface area contributed by atoms with Gasteiger partial charge in [0.25, 0.3) is 0 Å². The maximum atomic E-state index is 11.4. The van der Waals surface area contributed by atoms with Crippen LogP contribution in [0.25, 0.3) is 0 Å². The van der Waals surface area contributed by atoms with Gasteiger partial charge in [-0.15, -0.1) is 12.3 Å². The standard InChI is InChI=1S/C8H8N2O2S/c1-2-3-7-13(11,12)8-9-5-4-6-10-8/h1,4-6H,3,7H2. The topological polar surface area (TPSA) is 59.9 Å². The lowest BCUT2D eigenvalue weighted by Gasteiger charge is -1.97. The Hall–Kier alpha value is -1.41. The molecule has 0 bridgehead atoms. The summed E-state index contributed by atoms with van der Waals surface area (Å²) in [6, 6.07) is 1.56. The van der Waals surface area contributed by atoms with E-state index in [1.807, 2.05) is 0 Å². The largest absolute Gasteiger partial charge is 0.247 e. The number of aromatic nitrogens is 2. The van der Waals surface area contributed by atoms with Crippen molar-refractivity contribution >= 4 is 9.84 Å². The van der Waals surface area contributed by atoms with E-state index in [0.29, 0.717) is 0 Å². The molecule has 4 nitrogen and oxygen atoms in total. The van der Waals surface area contributed by atoms with Gasteiger partial charge >= 0.3 is 0 Å². The fraction of sp³-hybridized carbons (Fsp3) is 0.250. The Bertz CT molecular complexity index is 406. The van der Waals surface area contributed by atoms with E-state index >= 15 is 0 Å². The van der Waals surface area contributed by atoms with Crippen LogP contribution in [0, 0.1) is 12.3 Å².